The number of hydrogen-bond acceptors (Lipinski definition) is 7. The van der Waals surface area contributed by atoms with Crippen molar-refractivity contribution < 1.29 is 17.7 Å². The molecular weight excluding hydrogens is 515 g/mol. The number of benzene rings is 2. The third-order valence-electron chi connectivity index (χ3n) is 5.08. The van der Waals surface area contributed by atoms with Crippen LogP contribution in [-0.2, 0) is 14.8 Å². The maximum atomic E-state index is 13.0. The molecule has 1 aliphatic rings. The first kappa shape index (κ1) is 25.7. The van der Waals surface area contributed by atoms with Crippen LogP contribution in [-0.4, -0.2) is 44.8 Å². The summed E-state index contributed by atoms with van der Waals surface area (Å²) >= 11 is 12.2. The van der Waals surface area contributed by atoms with Crippen molar-refractivity contribution >= 4 is 45.6 Å². The van der Waals surface area contributed by atoms with Crippen LogP contribution in [0.2, 0.25) is 10.0 Å². The lowest BCUT2D eigenvalue weighted by molar-refractivity contribution is 0.0322. The van der Waals surface area contributed by atoms with Gasteiger partial charge >= 0.3 is 5.76 Å². The zero-order chi connectivity index (χ0) is 22.7. The summed E-state index contributed by atoms with van der Waals surface area (Å²) in [4.78, 5) is 13.6. The molecule has 0 bridgehead atoms. The summed E-state index contributed by atoms with van der Waals surface area (Å²) in [6, 6.07) is 11.3. The number of hydrogen-bond donors (Lipinski definition) is 3. The second-order valence-electron chi connectivity index (χ2n) is 7.25. The van der Waals surface area contributed by atoms with Crippen LogP contribution in [0.4, 0.5) is 0 Å². The molecule has 0 unspecified atom stereocenters. The Morgan fingerprint density at radius 2 is 1.97 bits per heavy atom. The molecule has 2 heterocycles. The highest BCUT2D eigenvalue weighted by atomic mass is 35.5. The van der Waals surface area contributed by atoms with E-state index in [0.29, 0.717) is 35.3 Å². The van der Waals surface area contributed by atoms with Gasteiger partial charge in [-0.15, -0.1) is 12.4 Å². The van der Waals surface area contributed by atoms with E-state index in [1.807, 2.05) is 6.07 Å². The van der Waals surface area contributed by atoms with E-state index in [1.165, 1.54) is 12.1 Å². The molecule has 1 saturated heterocycles. The highest BCUT2D eigenvalue weighted by Crippen LogP contribution is 2.32. The molecule has 0 amide bonds. The van der Waals surface area contributed by atoms with E-state index < -0.39 is 15.8 Å². The molecule has 3 N–H and O–H groups in total. The van der Waals surface area contributed by atoms with Crippen LogP contribution in [0.5, 0.6) is 0 Å². The molecule has 0 saturated carbocycles. The van der Waals surface area contributed by atoms with E-state index in [9.17, 15) is 13.2 Å². The Labute approximate surface area is 206 Å². The van der Waals surface area contributed by atoms with E-state index in [0.717, 1.165) is 5.56 Å². The van der Waals surface area contributed by atoms with Gasteiger partial charge in [0.05, 0.1) is 27.7 Å². The van der Waals surface area contributed by atoms with Crippen molar-refractivity contribution in [2.75, 3.05) is 26.2 Å². The second kappa shape index (κ2) is 11.0. The van der Waals surface area contributed by atoms with Crippen molar-refractivity contribution in [1.29, 1.82) is 0 Å². The number of ether oxygens (including phenoxy) is 1. The van der Waals surface area contributed by atoms with Gasteiger partial charge in [-0.25, -0.2) is 17.9 Å². The van der Waals surface area contributed by atoms with Gasteiger partial charge in [0.25, 0.3) is 0 Å². The quantitative estimate of drug-likeness (QED) is 0.443. The fraction of sp³-hybridized carbons (Fsp3) is 0.300. The molecule has 0 aliphatic carbocycles. The number of aromatic nitrogens is 2. The number of nitrogens with one attached hydrogen (secondary N) is 3. The highest BCUT2D eigenvalue weighted by Gasteiger charge is 2.28. The molecule has 33 heavy (non-hydrogen) atoms. The van der Waals surface area contributed by atoms with Gasteiger partial charge in [0.15, 0.2) is 5.82 Å². The fourth-order valence-electron chi connectivity index (χ4n) is 3.49. The van der Waals surface area contributed by atoms with Gasteiger partial charge in [-0.1, -0.05) is 46.6 Å². The summed E-state index contributed by atoms with van der Waals surface area (Å²) in [6.45, 7) is 1.81. The van der Waals surface area contributed by atoms with Crippen molar-refractivity contribution in [3.05, 3.63) is 68.6 Å². The fourth-order valence-corrected chi connectivity index (χ4v) is 4.94. The molecule has 0 radical (unpaired) electrons. The molecule has 0 spiro atoms. The molecule has 2 aromatic carbocycles. The van der Waals surface area contributed by atoms with Crippen LogP contribution in [0.1, 0.15) is 11.7 Å². The average Bonchev–Trinajstić information content (AvgIpc) is 3.08. The van der Waals surface area contributed by atoms with Crippen LogP contribution in [0.15, 0.2) is 56.7 Å². The number of nitrogens with zero attached hydrogens (tertiary/aromatic N) is 1. The van der Waals surface area contributed by atoms with Crippen LogP contribution in [0.3, 0.4) is 0 Å². The Morgan fingerprint density at radius 3 is 2.70 bits per heavy atom. The molecule has 178 valence electrons. The molecule has 1 aliphatic heterocycles. The van der Waals surface area contributed by atoms with Crippen molar-refractivity contribution in [3.8, 4) is 11.4 Å². The first-order valence-electron chi connectivity index (χ1n) is 9.77. The van der Waals surface area contributed by atoms with E-state index in [4.69, 9.17) is 27.9 Å². The van der Waals surface area contributed by atoms with Crippen molar-refractivity contribution in [1.82, 2.24) is 20.2 Å². The molecule has 3 aromatic rings. The summed E-state index contributed by atoms with van der Waals surface area (Å²) in [7, 11) is -3.85. The van der Waals surface area contributed by atoms with Crippen molar-refractivity contribution in [3.63, 3.8) is 0 Å². The molecule has 1 fully saturated rings. The van der Waals surface area contributed by atoms with Crippen LogP contribution in [0, 0.1) is 5.92 Å². The van der Waals surface area contributed by atoms with E-state index in [1.54, 1.807) is 24.3 Å². The summed E-state index contributed by atoms with van der Waals surface area (Å²) in [6.07, 6.45) is -0.367. The standard InChI is InChI=1S/C20H20Cl2N4O5S.ClH/c21-16-5-4-12(9-17(16)22)18-14(10-23-6-7-30-18)11-24-32(28,29)15-3-1-2-13(8-15)19-25-20(27)31-26-19;/h1-5,8-9,14,18,23-24H,6-7,10-11H2,(H,25,26,27);1H/t14-,18-;/m0./s1. The van der Waals surface area contributed by atoms with Crippen LogP contribution in [0.25, 0.3) is 11.4 Å². The second-order valence-corrected chi connectivity index (χ2v) is 9.83. The number of halogens is 3. The molecule has 2 atom stereocenters. The summed E-state index contributed by atoms with van der Waals surface area (Å²) in [5, 5.41) is 7.70. The van der Waals surface area contributed by atoms with Gasteiger partial charge in [0.2, 0.25) is 10.0 Å². The molecule has 13 heteroatoms. The smallest absolute Gasteiger partial charge is 0.372 e. The Hall–Kier alpha value is -1.92. The van der Waals surface area contributed by atoms with Gasteiger partial charge in [-0.3, -0.25) is 9.51 Å². The molecule has 9 nitrogen and oxygen atoms in total. The minimum atomic E-state index is -3.85. The lowest BCUT2D eigenvalue weighted by Crippen LogP contribution is -2.36. The first-order valence-corrected chi connectivity index (χ1v) is 12.0. The Morgan fingerprint density at radius 1 is 1.15 bits per heavy atom. The summed E-state index contributed by atoms with van der Waals surface area (Å²) in [5.74, 6) is -0.770. The van der Waals surface area contributed by atoms with E-state index in [-0.39, 0.29) is 41.7 Å². The van der Waals surface area contributed by atoms with Crippen LogP contribution >= 0.6 is 35.6 Å². The van der Waals surface area contributed by atoms with E-state index >= 15 is 0 Å². The molecule has 1 aromatic heterocycles. The van der Waals surface area contributed by atoms with Gasteiger partial charge in [-0.05, 0) is 29.8 Å². The minimum absolute atomic E-state index is 0. The van der Waals surface area contributed by atoms with Crippen LogP contribution < -0.4 is 15.8 Å². The number of sulfonamides is 1. The van der Waals surface area contributed by atoms with Gasteiger partial charge in [0, 0.05) is 31.1 Å². The lowest BCUT2D eigenvalue weighted by atomic mass is 9.95. The molecular formula is C20H21Cl3N4O5S. The number of aromatic amines is 1. The third-order valence-corrected chi connectivity index (χ3v) is 7.24. The number of rotatable bonds is 6. The summed E-state index contributed by atoms with van der Waals surface area (Å²) in [5.41, 5.74) is 1.23. The van der Waals surface area contributed by atoms with E-state index in [2.05, 4.69) is 24.7 Å². The number of H-pyrrole nitrogens is 1. The zero-order valence-corrected chi connectivity index (χ0v) is 20.2. The predicted molar refractivity (Wildman–Crippen MR) is 127 cm³/mol. The van der Waals surface area contributed by atoms with Gasteiger partial charge < -0.3 is 10.1 Å². The Bertz CT molecular complexity index is 1260. The lowest BCUT2D eigenvalue weighted by Gasteiger charge is -2.25. The van der Waals surface area contributed by atoms with Crippen molar-refractivity contribution in [2.45, 2.75) is 11.0 Å². The maximum Gasteiger partial charge on any atom is 0.439 e. The predicted octanol–water partition coefficient (Wildman–Crippen LogP) is 3.01. The monoisotopic (exact) mass is 534 g/mol. The van der Waals surface area contributed by atoms with Gasteiger partial charge in [0.1, 0.15) is 0 Å². The average molecular weight is 536 g/mol. The van der Waals surface area contributed by atoms with Crippen molar-refractivity contribution in [2.24, 2.45) is 5.92 Å². The maximum absolute atomic E-state index is 13.0. The highest BCUT2D eigenvalue weighted by molar-refractivity contribution is 7.89. The Kier molecular flexibility index (Phi) is 8.57. The largest absolute Gasteiger partial charge is 0.439 e. The zero-order valence-electron chi connectivity index (χ0n) is 17.1. The Balaban J connectivity index is 0.00000306. The third kappa shape index (κ3) is 6.15. The SMILES string of the molecule is Cl.O=c1[nH]c(-c2cccc(S(=O)(=O)NC[C@@H]3CNCCO[C@H]3c3ccc(Cl)c(Cl)c3)c2)no1. The van der Waals surface area contributed by atoms with Gasteiger partial charge in [-0.2, -0.15) is 0 Å². The minimum Gasteiger partial charge on any atom is -0.372 e. The molecule has 4 rings (SSSR count). The first-order chi connectivity index (χ1) is 15.3. The normalized spacial score (nSPS) is 19.0. The topological polar surface area (TPSA) is 126 Å². The summed E-state index contributed by atoms with van der Waals surface area (Å²) < 4.78 is 39.1.